The first-order valence-corrected chi connectivity index (χ1v) is 5.33. The van der Waals surface area contributed by atoms with Crippen molar-refractivity contribution in [3.63, 3.8) is 0 Å². The first-order chi connectivity index (χ1) is 7.29. The first kappa shape index (κ1) is 10.3. The first-order valence-electron chi connectivity index (χ1n) is 5.33. The number of hydrogen-bond donors (Lipinski definition) is 1. The molecule has 1 aliphatic rings. The predicted molar refractivity (Wildman–Crippen MR) is 59.8 cm³/mol. The van der Waals surface area contributed by atoms with E-state index in [2.05, 4.69) is 0 Å². The molecule has 82 valence electrons. The smallest absolute Gasteiger partial charge is 0.124 e. The number of nitrogen functional groups attached to an aromatic ring is 1. The third-order valence-electron chi connectivity index (χ3n) is 2.83. The Labute approximate surface area is 90.2 Å². The molecule has 0 saturated heterocycles. The third-order valence-corrected chi connectivity index (χ3v) is 2.83. The van der Waals surface area contributed by atoms with E-state index in [1.165, 1.54) is 19.3 Å². The van der Waals surface area contributed by atoms with Gasteiger partial charge in [0.1, 0.15) is 5.75 Å². The lowest BCUT2D eigenvalue weighted by Crippen LogP contribution is -2.21. The van der Waals surface area contributed by atoms with Crippen molar-refractivity contribution in [1.82, 2.24) is 0 Å². The van der Waals surface area contributed by atoms with Crippen LogP contribution in [0.15, 0.2) is 18.2 Å². The molecule has 0 aliphatic heterocycles. The number of rotatable bonds is 4. The Kier molecular flexibility index (Phi) is 3.11. The Bertz CT molecular complexity index is 334. The van der Waals surface area contributed by atoms with Crippen molar-refractivity contribution in [2.24, 2.45) is 0 Å². The fourth-order valence-electron chi connectivity index (χ4n) is 1.66. The molecular formula is C12H17NO2. The van der Waals surface area contributed by atoms with E-state index in [1.807, 2.05) is 18.2 Å². The fraction of sp³-hybridized carbons (Fsp3) is 0.500. The van der Waals surface area contributed by atoms with Gasteiger partial charge in [-0.1, -0.05) is 0 Å². The Balaban J connectivity index is 2.00. The van der Waals surface area contributed by atoms with E-state index in [-0.39, 0.29) is 0 Å². The zero-order valence-electron chi connectivity index (χ0n) is 9.03. The third kappa shape index (κ3) is 2.42. The summed E-state index contributed by atoms with van der Waals surface area (Å²) in [5.74, 6) is 0.850. The maximum absolute atomic E-state index is 5.73. The summed E-state index contributed by atoms with van der Waals surface area (Å²) in [6.07, 6.45) is 4.10. The van der Waals surface area contributed by atoms with Crippen LogP contribution in [0.4, 0.5) is 5.69 Å². The van der Waals surface area contributed by atoms with E-state index in [1.54, 1.807) is 7.11 Å². The zero-order valence-corrected chi connectivity index (χ0v) is 9.03. The van der Waals surface area contributed by atoms with Crippen LogP contribution in [0.1, 0.15) is 24.8 Å². The van der Waals surface area contributed by atoms with E-state index in [0.29, 0.717) is 12.7 Å². The summed E-state index contributed by atoms with van der Waals surface area (Å²) in [4.78, 5) is 0. The van der Waals surface area contributed by atoms with Gasteiger partial charge >= 0.3 is 0 Å². The maximum atomic E-state index is 5.73. The van der Waals surface area contributed by atoms with Crippen molar-refractivity contribution in [3.8, 4) is 5.75 Å². The Morgan fingerprint density at radius 2 is 2.20 bits per heavy atom. The van der Waals surface area contributed by atoms with Crippen LogP contribution in [0.25, 0.3) is 0 Å². The van der Waals surface area contributed by atoms with Crippen LogP contribution >= 0.6 is 0 Å². The molecule has 0 amide bonds. The molecule has 1 aromatic carbocycles. The minimum Gasteiger partial charge on any atom is -0.496 e. The van der Waals surface area contributed by atoms with Gasteiger partial charge in [0.25, 0.3) is 0 Å². The Morgan fingerprint density at radius 3 is 2.80 bits per heavy atom. The van der Waals surface area contributed by atoms with Crippen LogP contribution in [0.5, 0.6) is 5.75 Å². The highest BCUT2D eigenvalue weighted by atomic mass is 16.5. The SMILES string of the molecule is COc1ccc(N)cc1COC1CCC1. The molecule has 2 rings (SSSR count). The molecule has 0 bridgehead atoms. The van der Waals surface area contributed by atoms with Gasteiger partial charge in [-0.3, -0.25) is 0 Å². The number of anilines is 1. The van der Waals surface area contributed by atoms with Gasteiger partial charge in [-0.15, -0.1) is 0 Å². The van der Waals surface area contributed by atoms with Gasteiger partial charge in [0.2, 0.25) is 0 Å². The number of methoxy groups -OCH3 is 1. The minimum absolute atomic E-state index is 0.441. The Morgan fingerprint density at radius 1 is 1.40 bits per heavy atom. The molecule has 3 nitrogen and oxygen atoms in total. The molecule has 1 fully saturated rings. The zero-order chi connectivity index (χ0) is 10.7. The van der Waals surface area contributed by atoms with Crippen LogP contribution in [0.3, 0.4) is 0 Å². The standard InChI is InChI=1S/C12H17NO2/c1-14-12-6-5-10(13)7-9(12)8-15-11-3-2-4-11/h5-7,11H,2-4,8,13H2,1H3. The lowest BCUT2D eigenvalue weighted by Gasteiger charge is -2.25. The molecule has 15 heavy (non-hydrogen) atoms. The molecule has 0 atom stereocenters. The van der Waals surface area contributed by atoms with E-state index in [4.69, 9.17) is 15.2 Å². The number of nitrogens with two attached hydrogens (primary N) is 1. The second-order valence-electron chi connectivity index (χ2n) is 3.94. The number of ether oxygens (including phenoxy) is 2. The van der Waals surface area contributed by atoms with Crippen molar-refractivity contribution in [1.29, 1.82) is 0 Å². The fourth-order valence-corrected chi connectivity index (χ4v) is 1.66. The van der Waals surface area contributed by atoms with Crippen molar-refractivity contribution < 1.29 is 9.47 Å². The summed E-state index contributed by atoms with van der Waals surface area (Å²) in [6.45, 7) is 0.596. The monoisotopic (exact) mass is 207 g/mol. The second kappa shape index (κ2) is 4.53. The quantitative estimate of drug-likeness (QED) is 0.771. The summed E-state index contributed by atoms with van der Waals surface area (Å²) in [5.41, 5.74) is 7.51. The molecule has 0 heterocycles. The minimum atomic E-state index is 0.441. The second-order valence-corrected chi connectivity index (χ2v) is 3.94. The highest BCUT2D eigenvalue weighted by molar-refractivity contribution is 5.47. The summed E-state index contributed by atoms with van der Waals surface area (Å²) in [5, 5.41) is 0. The van der Waals surface area contributed by atoms with E-state index in [9.17, 15) is 0 Å². The summed E-state index contributed by atoms with van der Waals surface area (Å²) >= 11 is 0. The molecule has 1 saturated carbocycles. The van der Waals surface area contributed by atoms with Gasteiger partial charge in [0.05, 0.1) is 19.8 Å². The lowest BCUT2D eigenvalue weighted by molar-refractivity contribution is -0.00931. The maximum Gasteiger partial charge on any atom is 0.124 e. The molecule has 2 N–H and O–H groups in total. The van der Waals surface area contributed by atoms with Gasteiger partial charge in [-0.05, 0) is 37.5 Å². The molecule has 1 aromatic rings. The van der Waals surface area contributed by atoms with Crippen LogP contribution in [0, 0.1) is 0 Å². The van der Waals surface area contributed by atoms with Gasteiger partial charge < -0.3 is 15.2 Å². The normalized spacial score (nSPS) is 16.1. The average Bonchev–Trinajstić information content (AvgIpc) is 2.16. The molecule has 3 heteroatoms. The summed E-state index contributed by atoms with van der Waals surface area (Å²) < 4.78 is 11.0. The van der Waals surface area contributed by atoms with E-state index < -0.39 is 0 Å². The summed E-state index contributed by atoms with van der Waals surface area (Å²) in [6, 6.07) is 5.64. The van der Waals surface area contributed by atoms with E-state index in [0.717, 1.165) is 17.0 Å². The highest BCUT2D eigenvalue weighted by Gasteiger charge is 2.18. The van der Waals surface area contributed by atoms with Crippen molar-refractivity contribution in [3.05, 3.63) is 23.8 Å². The predicted octanol–water partition coefficient (Wildman–Crippen LogP) is 2.35. The largest absolute Gasteiger partial charge is 0.496 e. The van der Waals surface area contributed by atoms with Crippen molar-refractivity contribution in [2.45, 2.75) is 32.0 Å². The van der Waals surface area contributed by atoms with Gasteiger partial charge in [-0.25, -0.2) is 0 Å². The van der Waals surface area contributed by atoms with Crippen LogP contribution in [0.2, 0.25) is 0 Å². The number of benzene rings is 1. The number of hydrogen-bond acceptors (Lipinski definition) is 3. The van der Waals surface area contributed by atoms with Crippen molar-refractivity contribution >= 4 is 5.69 Å². The van der Waals surface area contributed by atoms with Crippen molar-refractivity contribution in [2.75, 3.05) is 12.8 Å². The van der Waals surface area contributed by atoms with Crippen LogP contribution in [-0.4, -0.2) is 13.2 Å². The molecule has 0 unspecified atom stereocenters. The molecule has 0 aromatic heterocycles. The highest BCUT2D eigenvalue weighted by Crippen LogP contribution is 2.26. The molecular weight excluding hydrogens is 190 g/mol. The summed E-state index contributed by atoms with van der Waals surface area (Å²) in [7, 11) is 1.67. The van der Waals surface area contributed by atoms with Crippen LogP contribution < -0.4 is 10.5 Å². The lowest BCUT2D eigenvalue weighted by atomic mass is 9.96. The van der Waals surface area contributed by atoms with Gasteiger partial charge in [0, 0.05) is 11.3 Å². The van der Waals surface area contributed by atoms with Gasteiger partial charge in [-0.2, -0.15) is 0 Å². The molecule has 1 aliphatic carbocycles. The topological polar surface area (TPSA) is 44.5 Å². The molecule has 0 spiro atoms. The van der Waals surface area contributed by atoms with E-state index >= 15 is 0 Å². The molecule has 0 radical (unpaired) electrons. The average molecular weight is 207 g/mol. The Hall–Kier alpha value is -1.22. The van der Waals surface area contributed by atoms with Crippen LogP contribution in [-0.2, 0) is 11.3 Å². The van der Waals surface area contributed by atoms with Gasteiger partial charge in [0.15, 0.2) is 0 Å².